The highest BCUT2D eigenvalue weighted by Crippen LogP contribution is 2.24. The van der Waals surface area contributed by atoms with Crippen LogP contribution in [0.2, 0.25) is 0 Å². The molecule has 0 aliphatic carbocycles. The van der Waals surface area contributed by atoms with E-state index in [1.165, 1.54) is 19.1 Å². The lowest BCUT2D eigenvalue weighted by molar-refractivity contribution is -0.193. The van der Waals surface area contributed by atoms with Gasteiger partial charge in [0.05, 0.1) is 10.1 Å². The van der Waals surface area contributed by atoms with Crippen LogP contribution in [-0.4, -0.2) is 43.5 Å². The lowest BCUT2D eigenvalue weighted by Gasteiger charge is -2.08. The van der Waals surface area contributed by atoms with Crippen LogP contribution in [0.3, 0.4) is 0 Å². The first-order valence-electron chi connectivity index (χ1n) is 7.25. The molecule has 6 nitrogen and oxygen atoms in total. The van der Waals surface area contributed by atoms with E-state index in [1.54, 1.807) is 26.0 Å². The Kier molecular flexibility index (Phi) is 8.37. The summed E-state index contributed by atoms with van der Waals surface area (Å²) in [6.07, 6.45) is -11.5. The number of nitrogens with one attached hydrogen (secondary N) is 1. The second-order valence-electron chi connectivity index (χ2n) is 5.45. The largest absolute Gasteiger partial charge is 0.458 e. The second kappa shape index (κ2) is 9.17. The van der Waals surface area contributed by atoms with E-state index in [0.717, 1.165) is 0 Å². The Labute approximate surface area is 155 Å². The van der Waals surface area contributed by atoms with Crippen molar-refractivity contribution in [1.82, 2.24) is 0 Å². The lowest BCUT2D eigenvalue weighted by atomic mass is 10.2. The van der Waals surface area contributed by atoms with Crippen molar-refractivity contribution in [3.05, 3.63) is 24.3 Å². The van der Waals surface area contributed by atoms with Crippen molar-refractivity contribution in [2.45, 2.75) is 43.3 Å². The number of rotatable bonds is 4. The van der Waals surface area contributed by atoms with E-state index >= 15 is 0 Å². The molecule has 0 radical (unpaired) electrons. The summed E-state index contributed by atoms with van der Waals surface area (Å²) in [5.74, 6) is -7.00. The third kappa shape index (κ3) is 7.66. The minimum absolute atomic E-state index is 0.181. The molecule has 28 heavy (non-hydrogen) atoms. The first-order chi connectivity index (χ1) is 12.4. The topological polar surface area (TPSA) is 97.4 Å². The quantitative estimate of drug-likeness (QED) is 0.579. The summed E-state index contributed by atoms with van der Waals surface area (Å²) in [5, 5.41) is 2.13. The Morgan fingerprint density at radius 1 is 0.857 bits per heavy atom. The summed E-state index contributed by atoms with van der Waals surface area (Å²) in [5.41, 5.74) is 0.593. The number of ketones is 2. The van der Waals surface area contributed by atoms with Crippen molar-refractivity contribution in [3.8, 4) is 0 Å². The average Bonchev–Trinajstić information content (AvgIpc) is 2.52. The molecule has 0 aromatic heterocycles. The molecule has 0 saturated carbocycles. The van der Waals surface area contributed by atoms with E-state index in [4.69, 9.17) is 0 Å². The zero-order chi connectivity index (χ0) is 22.5. The number of Topliss-reactive ketones (excluding diaryl/α,β-unsaturated/α-hetero) is 2. The van der Waals surface area contributed by atoms with E-state index in [9.17, 15) is 49.1 Å². The minimum atomic E-state index is -5.77. The van der Waals surface area contributed by atoms with Gasteiger partial charge in [-0.2, -0.15) is 26.3 Å². The van der Waals surface area contributed by atoms with Crippen LogP contribution in [0.5, 0.6) is 0 Å². The molecular weight excluding hydrogens is 420 g/mol. The zero-order valence-corrected chi connectivity index (χ0v) is 15.4. The van der Waals surface area contributed by atoms with Gasteiger partial charge in [0.15, 0.2) is 9.84 Å². The molecule has 0 spiro atoms. The fourth-order valence-corrected chi connectivity index (χ4v) is 2.52. The second-order valence-corrected chi connectivity index (χ2v) is 7.96. The van der Waals surface area contributed by atoms with Gasteiger partial charge in [-0.25, -0.2) is 8.42 Å². The third-order valence-corrected chi connectivity index (χ3v) is 5.02. The zero-order valence-electron chi connectivity index (χ0n) is 14.6. The first kappa shape index (κ1) is 25.6. The van der Waals surface area contributed by atoms with E-state index in [0.29, 0.717) is 5.69 Å². The summed E-state index contributed by atoms with van der Waals surface area (Å²) in [6, 6.07) is 6.16. The maximum Gasteiger partial charge on any atom is 0.458 e. The molecule has 13 heteroatoms. The number of hydrogen-bond acceptors (Lipinski definition) is 5. The van der Waals surface area contributed by atoms with Gasteiger partial charge in [0.1, 0.15) is 0 Å². The SMILES string of the molecule is CC(=O)Nc1ccc(S(=O)(=O)C(C)C)cc1.O=C(C(=O)C(F)(F)F)C(F)(F)F. The Morgan fingerprint density at radius 2 is 1.21 bits per heavy atom. The number of carbonyl (C=O) groups is 3. The highest BCUT2D eigenvalue weighted by atomic mass is 32.2. The van der Waals surface area contributed by atoms with Crippen LogP contribution in [0.4, 0.5) is 32.0 Å². The van der Waals surface area contributed by atoms with Crippen molar-refractivity contribution >= 4 is 33.0 Å². The summed E-state index contributed by atoms with van der Waals surface area (Å²) in [7, 11) is -3.23. The molecule has 0 aliphatic heterocycles. The number of hydrogen-bond donors (Lipinski definition) is 1. The van der Waals surface area contributed by atoms with E-state index in [1.807, 2.05) is 0 Å². The highest BCUT2D eigenvalue weighted by molar-refractivity contribution is 7.92. The van der Waals surface area contributed by atoms with E-state index < -0.39 is 39.0 Å². The number of anilines is 1. The third-order valence-electron chi connectivity index (χ3n) is 2.84. The molecule has 1 amide bonds. The number of carbonyl (C=O) groups excluding carboxylic acids is 3. The van der Waals surface area contributed by atoms with Crippen molar-refractivity contribution in [3.63, 3.8) is 0 Å². The monoisotopic (exact) mass is 435 g/mol. The standard InChI is InChI=1S/C11H15NO3S.C4F6O2/c1-8(2)16(14,15)11-6-4-10(5-7-11)12-9(3)13;5-3(6,7)1(11)2(12)4(8,9)10/h4-8H,1-3H3,(H,12,13);. The predicted octanol–water partition coefficient (Wildman–Crippen LogP) is 3.08. The molecule has 158 valence electrons. The van der Waals surface area contributed by atoms with Gasteiger partial charge in [0.25, 0.3) is 0 Å². The molecule has 0 heterocycles. The van der Waals surface area contributed by atoms with Gasteiger partial charge < -0.3 is 5.32 Å². The van der Waals surface area contributed by atoms with Gasteiger partial charge in [-0.1, -0.05) is 0 Å². The number of amides is 1. The van der Waals surface area contributed by atoms with Gasteiger partial charge in [0, 0.05) is 12.6 Å². The Hall–Kier alpha value is -2.44. The summed E-state index contributed by atoms with van der Waals surface area (Å²) >= 11 is 0. The van der Waals surface area contributed by atoms with Crippen LogP contribution in [0, 0.1) is 0 Å². The van der Waals surface area contributed by atoms with E-state index in [2.05, 4.69) is 5.32 Å². The maximum atomic E-state index is 11.8. The average molecular weight is 435 g/mol. The van der Waals surface area contributed by atoms with Crippen molar-refractivity contribution in [2.75, 3.05) is 5.32 Å². The molecule has 0 atom stereocenters. The smallest absolute Gasteiger partial charge is 0.326 e. The molecule has 0 saturated heterocycles. The fourth-order valence-electron chi connectivity index (χ4n) is 1.46. The van der Waals surface area contributed by atoms with Gasteiger partial charge in [-0.3, -0.25) is 14.4 Å². The maximum absolute atomic E-state index is 11.8. The fraction of sp³-hybridized carbons (Fsp3) is 0.400. The van der Waals surface area contributed by atoms with Crippen molar-refractivity contribution < 1.29 is 49.1 Å². The first-order valence-corrected chi connectivity index (χ1v) is 8.79. The van der Waals surface area contributed by atoms with E-state index in [-0.39, 0.29) is 10.8 Å². The lowest BCUT2D eigenvalue weighted by Crippen LogP contribution is -2.39. The number of halogens is 6. The van der Waals surface area contributed by atoms with Crippen molar-refractivity contribution in [1.29, 1.82) is 0 Å². The number of benzene rings is 1. The van der Waals surface area contributed by atoms with Crippen molar-refractivity contribution in [2.24, 2.45) is 0 Å². The Morgan fingerprint density at radius 3 is 1.46 bits per heavy atom. The predicted molar refractivity (Wildman–Crippen MR) is 85.2 cm³/mol. The van der Waals surface area contributed by atoms with Crippen LogP contribution >= 0.6 is 0 Å². The Balaban J connectivity index is 0.000000546. The number of alkyl halides is 6. The summed E-state index contributed by atoms with van der Waals surface area (Å²) in [4.78, 5) is 30.3. The molecule has 1 aromatic rings. The van der Waals surface area contributed by atoms with Gasteiger partial charge in [-0.05, 0) is 38.1 Å². The molecule has 1 N–H and O–H groups in total. The summed E-state index contributed by atoms with van der Waals surface area (Å²) < 4.78 is 90.5. The van der Waals surface area contributed by atoms with Crippen LogP contribution in [0.15, 0.2) is 29.2 Å². The molecule has 1 aromatic carbocycles. The van der Waals surface area contributed by atoms with Crippen LogP contribution in [0.25, 0.3) is 0 Å². The van der Waals surface area contributed by atoms with Gasteiger partial charge in [-0.15, -0.1) is 0 Å². The van der Waals surface area contributed by atoms with Crippen LogP contribution in [-0.2, 0) is 24.2 Å². The number of sulfone groups is 1. The minimum Gasteiger partial charge on any atom is -0.326 e. The molecule has 0 aliphatic rings. The van der Waals surface area contributed by atoms with Gasteiger partial charge >= 0.3 is 23.9 Å². The highest BCUT2D eigenvalue weighted by Gasteiger charge is 2.54. The van der Waals surface area contributed by atoms with Crippen LogP contribution in [0.1, 0.15) is 20.8 Å². The molecule has 0 unspecified atom stereocenters. The van der Waals surface area contributed by atoms with Gasteiger partial charge in [0.2, 0.25) is 5.91 Å². The molecular formula is C15H15F6NO5S. The normalized spacial score (nSPS) is 12.1. The van der Waals surface area contributed by atoms with Crippen LogP contribution < -0.4 is 5.32 Å². The molecule has 0 bridgehead atoms. The molecule has 1 rings (SSSR count). The Bertz CT molecular complexity index is 802. The summed E-state index contributed by atoms with van der Waals surface area (Å²) in [6.45, 7) is 4.67. The molecule has 0 fully saturated rings.